The standard InChI is InChI=1S/C24H27FN2O4/c25-21-5-1-4-20(15-21)24(29)27-10-2-3-18(16-27)17-31-22-8-6-19(7-9-22)23(28)26-11-13-30-14-12-26/h1,4-9,15,18H,2-3,10-14,16-17H2. The van der Waals surface area contributed by atoms with Crippen LogP contribution in [-0.4, -0.2) is 67.6 Å². The number of hydrogen-bond acceptors (Lipinski definition) is 4. The maximum Gasteiger partial charge on any atom is 0.254 e. The lowest BCUT2D eigenvalue weighted by molar-refractivity contribution is 0.0303. The number of piperidine rings is 1. The molecule has 2 fully saturated rings. The van der Waals surface area contributed by atoms with E-state index in [1.165, 1.54) is 12.1 Å². The maximum atomic E-state index is 13.4. The van der Waals surface area contributed by atoms with Crippen LogP contribution in [0.5, 0.6) is 5.75 Å². The molecule has 0 aromatic heterocycles. The number of morpholine rings is 1. The van der Waals surface area contributed by atoms with Crippen LogP contribution in [0.15, 0.2) is 48.5 Å². The van der Waals surface area contributed by atoms with Gasteiger partial charge in [0.05, 0.1) is 19.8 Å². The van der Waals surface area contributed by atoms with Crippen molar-refractivity contribution >= 4 is 11.8 Å². The van der Waals surface area contributed by atoms with Crippen molar-refractivity contribution in [2.75, 3.05) is 46.0 Å². The lowest BCUT2D eigenvalue weighted by Gasteiger charge is -2.32. The fourth-order valence-corrected chi connectivity index (χ4v) is 4.05. The lowest BCUT2D eigenvalue weighted by atomic mass is 9.98. The topological polar surface area (TPSA) is 59.1 Å². The average molecular weight is 426 g/mol. The summed E-state index contributed by atoms with van der Waals surface area (Å²) in [5.74, 6) is 0.370. The van der Waals surface area contributed by atoms with E-state index in [1.54, 1.807) is 34.1 Å². The molecule has 2 amide bonds. The van der Waals surface area contributed by atoms with E-state index >= 15 is 0 Å². The number of likely N-dealkylation sites (tertiary alicyclic amines) is 1. The summed E-state index contributed by atoms with van der Waals surface area (Å²) < 4.78 is 24.7. The van der Waals surface area contributed by atoms with Crippen molar-refractivity contribution in [2.45, 2.75) is 12.8 Å². The predicted octanol–water partition coefficient (Wildman–Crippen LogP) is 3.23. The quantitative estimate of drug-likeness (QED) is 0.737. The van der Waals surface area contributed by atoms with Crippen LogP contribution in [0.4, 0.5) is 4.39 Å². The second-order valence-corrected chi connectivity index (χ2v) is 8.01. The Morgan fingerprint density at radius 3 is 2.45 bits per heavy atom. The van der Waals surface area contributed by atoms with Crippen molar-refractivity contribution in [1.82, 2.24) is 9.80 Å². The molecule has 0 bridgehead atoms. The molecule has 2 aliphatic heterocycles. The zero-order chi connectivity index (χ0) is 21.6. The smallest absolute Gasteiger partial charge is 0.254 e. The molecular formula is C24H27FN2O4. The van der Waals surface area contributed by atoms with Crippen molar-refractivity contribution in [2.24, 2.45) is 5.92 Å². The Bertz CT molecular complexity index is 912. The number of nitrogens with zero attached hydrogens (tertiary/aromatic N) is 2. The molecule has 2 aromatic carbocycles. The van der Waals surface area contributed by atoms with Crippen LogP contribution in [0, 0.1) is 11.7 Å². The minimum Gasteiger partial charge on any atom is -0.493 e. The summed E-state index contributed by atoms with van der Waals surface area (Å²) in [6.45, 7) is 4.13. The van der Waals surface area contributed by atoms with Gasteiger partial charge in [0.1, 0.15) is 11.6 Å². The maximum absolute atomic E-state index is 13.4. The van der Waals surface area contributed by atoms with Crippen LogP contribution in [0.25, 0.3) is 0 Å². The summed E-state index contributed by atoms with van der Waals surface area (Å²) >= 11 is 0. The third-order valence-electron chi connectivity index (χ3n) is 5.76. The monoisotopic (exact) mass is 426 g/mol. The van der Waals surface area contributed by atoms with Gasteiger partial charge in [-0.25, -0.2) is 4.39 Å². The van der Waals surface area contributed by atoms with Crippen LogP contribution in [0.2, 0.25) is 0 Å². The SMILES string of the molecule is O=C(c1ccc(OCC2CCCN(C(=O)c3cccc(F)c3)C2)cc1)N1CCOCC1. The van der Waals surface area contributed by atoms with Gasteiger partial charge in [-0.1, -0.05) is 6.07 Å². The highest BCUT2D eigenvalue weighted by molar-refractivity contribution is 5.94. The molecule has 0 N–H and O–H groups in total. The van der Waals surface area contributed by atoms with Crippen LogP contribution in [0.1, 0.15) is 33.6 Å². The van der Waals surface area contributed by atoms with E-state index < -0.39 is 5.82 Å². The summed E-state index contributed by atoms with van der Waals surface area (Å²) in [5, 5.41) is 0. The molecule has 2 aliphatic rings. The zero-order valence-corrected chi connectivity index (χ0v) is 17.5. The van der Waals surface area contributed by atoms with Crippen molar-refractivity contribution in [1.29, 1.82) is 0 Å². The van der Waals surface area contributed by atoms with E-state index in [0.29, 0.717) is 62.9 Å². The first-order valence-corrected chi connectivity index (χ1v) is 10.7. The van der Waals surface area contributed by atoms with Gasteiger partial charge in [-0.05, 0) is 55.3 Å². The Kier molecular flexibility index (Phi) is 6.82. The van der Waals surface area contributed by atoms with Crippen LogP contribution in [-0.2, 0) is 4.74 Å². The van der Waals surface area contributed by atoms with Gasteiger partial charge in [0.15, 0.2) is 0 Å². The first-order chi connectivity index (χ1) is 15.1. The number of carbonyl (C=O) groups excluding carboxylic acids is 2. The van der Waals surface area contributed by atoms with Gasteiger partial charge in [-0.15, -0.1) is 0 Å². The van der Waals surface area contributed by atoms with E-state index in [4.69, 9.17) is 9.47 Å². The molecule has 4 rings (SSSR count). The van der Waals surface area contributed by atoms with Gasteiger partial charge in [-0.3, -0.25) is 9.59 Å². The van der Waals surface area contributed by atoms with E-state index in [1.807, 2.05) is 12.1 Å². The number of hydrogen-bond donors (Lipinski definition) is 0. The van der Waals surface area contributed by atoms with Gasteiger partial charge in [0.2, 0.25) is 0 Å². The number of benzene rings is 2. The number of halogens is 1. The zero-order valence-electron chi connectivity index (χ0n) is 17.5. The molecule has 0 saturated carbocycles. The van der Waals surface area contributed by atoms with Crippen molar-refractivity contribution in [3.05, 3.63) is 65.5 Å². The summed E-state index contributed by atoms with van der Waals surface area (Å²) in [5.41, 5.74) is 1.01. The molecule has 7 heteroatoms. The van der Waals surface area contributed by atoms with Crippen LogP contribution >= 0.6 is 0 Å². The number of carbonyl (C=O) groups is 2. The molecular weight excluding hydrogens is 399 g/mol. The molecule has 0 aliphatic carbocycles. The molecule has 1 atom stereocenters. The Morgan fingerprint density at radius 1 is 0.968 bits per heavy atom. The summed E-state index contributed by atoms with van der Waals surface area (Å²) in [6.07, 6.45) is 1.86. The van der Waals surface area contributed by atoms with Crippen molar-refractivity contribution in [3.63, 3.8) is 0 Å². The third-order valence-corrected chi connectivity index (χ3v) is 5.76. The molecule has 31 heavy (non-hydrogen) atoms. The number of amides is 2. The number of rotatable bonds is 5. The molecule has 2 heterocycles. The Labute approximate surface area is 181 Å². The molecule has 0 spiro atoms. The lowest BCUT2D eigenvalue weighted by Crippen LogP contribution is -2.41. The number of ether oxygens (including phenoxy) is 2. The largest absolute Gasteiger partial charge is 0.493 e. The van der Waals surface area contributed by atoms with Gasteiger partial charge in [0.25, 0.3) is 11.8 Å². The van der Waals surface area contributed by atoms with Crippen molar-refractivity contribution < 1.29 is 23.5 Å². The van der Waals surface area contributed by atoms with Crippen LogP contribution < -0.4 is 4.74 Å². The minimum absolute atomic E-state index is 0.00799. The van der Waals surface area contributed by atoms with Gasteiger partial charge in [0, 0.05) is 43.2 Å². The second-order valence-electron chi connectivity index (χ2n) is 8.01. The predicted molar refractivity (Wildman–Crippen MR) is 114 cm³/mol. The summed E-state index contributed by atoms with van der Waals surface area (Å²) in [4.78, 5) is 28.8. The molecule has 1 unspecified atom stereocenters. The normalized spacial score (nSPS) is 19.2. The highest BCUT2D eigenvalue weighted by Gasteiger charge is 2.25. The summed E-state index contributed by atoms with van der Waals surface area (Å²) in [6, 6.07) is 13.0. The van der Waals surface area contributed by atoms with Crippen molar-refractivity contribution in [3.8, 4) is 5.75 Å². The second kappa shape index (κ2) is 9.92. The Balaban J connectivity index is 1.29. The van der Waals surface area contributed by atoms with E-state index in [2.05, 4.69) is 0 Å². The average Bonchev–Trinajstić information content (AvgIpc) is 2.83. The highest BCUT2D eigenvalue weighted by atomic mass is 19.1. The Morgan fingerprint density at radius 2 is 1.71 bits per heavy atom. The molecule has 2 saturated heterocycles. The molecule has 2 aromatic rings. The summed E-state index contributed by atoms with van der Waals surface area (Å²) in [7, 11) is 0. The van der Waals surface area contributed by atoms with Gasteiger partial charge < -0.3 is 19.3 Å². The third kappa shape index (κ3) is 5.41. The van der Waals surface area contributed by atoms with Crippen LogP contribution in [0.3, 0.4) is 0 Å². The highest BCUT2D eigenvalue weighted by Crippen LogP contribution is 2.21. The molecule has 6 nitrogen and oxygen atoms in total. The first-order valence-electron chi connectivity index (χ1n) is 10.7. The van der Waals surface area contributed by atoms with E-state index in [-0.39, 0.29) is 17.7 Å². The van der Waals surface area contributed by atoms with Gasteiger partial charge in [-0.2, -0.15) is 0 Å². The van der Waals surface area contributed by atoms with E-state index in [9.17, 15) is 14.0 Å². The first kappa shape index (κ1) is 21.3. The minimum atomic E-state index is -0.404. The fourth-order valence-electron chi connectivity index (χ4n) is 4.05. The van der Waals surface area contributed by atoms with Gasteiger partial charge >= 0.3 is 0 Å². The molecule has 0 radical (unpaired) electrons. The fraction of sp³-hybridized carbons (Fsp3) is 0.417. The Hall–Kier alpha value is -2.93. The van der Waals surface area contributed by atoms with E-state index in [0.717, 1.165) is 12.8 Å². The molecule has 164 valence electrons.